The molecule has 0 aliphatic rings. The van der Waals surface area contributed by atoms with Crippen molar-refractivity contribution in [3.05, 3.63) is 46.1 Å². The van der Waals surface area contributed by atoms with E-state index in [1.54, 1.807) is 12.3 Å². The molecule has 0 amide bonds. The summed E-state index contributed by atoms with van der Waals surface area (Å²) in [6.45, 7) is 0.443. The van der Waals surface area contributed by atoms with E-state index >= 15 is 0 Å². The first-order chi connectivity index (χ1) is 7.36. The lowest BCUT2D eigenvalue weighted by atomic mass is 10.2. The summed E-state index contributed by atoms with van der Waals surface area (Å²) in [4.78, 5) is 6.56. The number of aromatic nitrogens is 1. The van der Waals surface area contributed by atoms with Crippen molar-refractivity contribution in [2.75, 3.05) is 6.54 Å². The Morgan fingerprint density at radius 3 is 3.20 bits per heavy atom. The Morgan fingerprint density at radius 1 is 1.60 bits per heavy atom. The molecule has 1 rings (SSSR count). The van der Waals surface area contributed by atoms with Crippen molar-refractivity contribution in [3.63, 3.8) is 0 Å². The van der Waals surface area contributed by atoms with Crippen LogP contribution >= 0.6 is 0 Å². The molecule has 74 valence electrons. The van der Waals surface area contributed by atoms with Crippen molar-refractivity contribution < 1.29 is 0 Å². The van der Waals surface area contributed by atoms with Gasteiger partial charge in [0.2, 0.25) is 0 Å². The first-order valence-corrected chi connectivity index (χ1v) is 4.39. The standard InChI is InChI=1S/C10H9N5/c11-6-10-5-9(7-13-8-10)3-1-2-4-14-15-12/h1,3,5,7-8H,2,4H2. The Morgan fingerprint density at radius 2 is 2.47 bits per heavy atom. The largest absolute Gasteiger partial charge is 0.263 e. The highest BCUT2D eigenvalue weighted by Gasteiger charge is 1.91. The molecule has 0 aromatic carbocycles. The van der Waals surface area contributed by atoms with Gasteiger partial charge in [0, 0.05) is 23.9 Å². The van der Waals surface area contributed by atoms with Crippen molar-refractivity contribution >= 4 is 6.08 Å². The molecule has 0 spiro atoms. The highest BCUT2D eigenvalue weighted by Crippen LogP contribution is 2.04. The van der Waals surface area contributed by atoms with Gasteiger partial charge in [0.1, 0.15) is 6.07 Å². The SMILES string of the molecule is N#Cc1cncc(C=CCCN=[N+]=[N-])c1. The molecule has 5 nitrogen and oxygen atoms in total. The van der Waals surface area contributed by atoms with Crippen LogP contribution in [0.5, 0.6) is 0 Å². The van der Waals surface area contributed by atoms with Gasteiger partial charge in [-0.1, -0.05) is 17.3 Å². The fraction of sp³-hybridized carbons (Fsp3) is 0.200. The smallest absolute Gasteiger partial charge is 0.101 e. The number of hydrogen-bond acceptors (Lipinski definition) is 3. The average Bonchev–Trinajstić information content (AvgIpc) is 2.29. The van der Waals surface area contributed by atoms with Gasteiger partial charge in [-0.25, -0.2) is 0 Å². The molecule has 1 aromatic heterocycles. The lowest BCUT2D eigenvalue weighted by Crippen LogP contribution is -1.80. The van der Waals surface area contributed by atoms with E-state index in [0.29, 0.717) is 18.5 Å². The van der Waals surface area contributed by atoms with Gasteiger partial charge >= 0.3 is 0 Å². The Hall–Kier alpha value is -2.31. The molecule has 0 bridgehead atoms. The molecule has 0 unspecified atom stereocenters. The average molecular weight is 199 g/mol. The van der Waals surface area contributed by atoms with E-state index in [9.17, 15) is 0 Å². The van der Waals surface area contributed by atoms with Gasteiger partial charge in [-0.05, 0) is 23.6 Å². The number of hydrogen-bond donors (Lipinski definition) is 0. The summed E-state index contributed by atoms with van der Waals surface area (Å²) < 4.78 is 0. The fourth-order valence-corrected chi connectivity index (χ4v) is 1.01. The highest BCUT2D eigenvalue weighted by molar-refractivity contribution is 5.50. The first kappa shape index (κ1) is 10.8. The maximum Gasteiger partial charge on any atom is 0.101 e. The van der Waals surface area contributed by atoms with Crippen molar-refractivity contribution in [2.24, 2.45) is 5.11 Å². The summed E-state index contributed by atoms with van der Waals surface area (Å²) in [6, 6.07) is 3.76. The molecule has 15 heavy (non-hydrogen) atoms. The van der Waals surface area contributed by atoms with Gasteiger partial charge < -0.3 is 0 Å². The normalized spacial score (nSPS) is 9.53. The lowest BCUT2D eigenvalue weighted by Gasteiger charge is -1.92. The number of azide groups is 1. The molecule has 0 atom stereocenters. The number of rotatable bonds is 4. The molecular formula is C10H9N5. The van der Waals surface area contributed by atoms with E-state index < -0.39 is 0 Å². The van der Waals surface area contributed by atoms with E-state index in [4.69, 9.17) is 10.8 Å². The summed E-state index contributed by atoms with van der Waals surface area (Å²) in [5, 5.41) is 12.0. The third-order valence-corrected chi connectivity index (χ3v) is 1.66. The van der Waals surface area contributed by atoms with E-state index in [-0.39, 0.29) is 0 Å². The number of pyridine rings is 1. The van der Waals surface area contributed by atoms with Crippen LogP contribution in [-0.2, 0) is 0 Å². The summed E-state index contributed by atoms with van der Waals surface area (Å²) in [5.41, 5.74) is 9.44. The minimum absolute atomic E-state index is 0.443. The predicted octanol–water partition coefficient (Wildman–Crippen LogP) is 2.67. The fourth-order valence-electron chi connectivity index (χ4n) is 1.01. The molecule has 0 radical (unpaired) electrons. The quantitative estimate of drug-likeness (QED) is 0.323. The van der Waals surface area contributed by atoms with E-state index in [2.05, 4.69) is 15.0 Å². The van der Waals surface area contributed by atoms with Crippen LogP contribution in [-0.4, -0.2) is 11.5 Å². The summed E-state index contributed by atoms with van der Waals surface area (Å²) in [6.07, 6.45) is 7.59. The first-order valence-electron chi connectivity index (χ1n) is 4.39. The maximum absolute atomic E-state index is 8.63. The topological polar surface area (TPSA) is 85.4 Å². The Balaban J connectivity index is 2.57. The Kier molecular flexibility index (Phi) is 4.44. The van der Waals surface area contributed by atoms with Crippen LogP contribution in [0.2, 0.25) is 0 Å². The minimum atomic E-state index is 0.443. The van der Waals surface area contributed by atoms with Crippen LogP contribution in [0.3, 0.4) is 0 Å². The second-order valence-electron chi connectivity index (χ2n) is 2.76. The molecule has 1 heterocycles. The van der Waals surface area contributed by atoms with Gasteiger partial charge in [-0.15, -0.1) is 0 Å². The molecule has 5 heteroatoms. The minimum Gasteiger partial charge on any atom is -0.263 e. The molecule has 0 aliphatic heterocycles. The molecule has 0 saturated carbocycles. The van der Waals surface area contributed by atoms with Crippen LogP contribution in [0.15, 0.2) is 29.7 Å². The van der Waals surface area contributed by atoms with E-state index in [1.807, 2.05) is 18.2 Å². The van der Waals surface area contributed by atoms with E-state index in [1.165, 1.54) is 6.20 Å². The highest BCUT2D eigenvalue weighted by atomic mass is 15.1. The van der Waals surface area contributed by atoms with Crippen molar-refractivity contribution in [3.8, 4) is 6.07 Å². The number of nitriles is 1. The van der Waals surface area contributed by atoms with Crippen molar-refractivity contribution in [1.82, 2.24) is 4.98 Å². The van der Waals surface area contributed by atoms with Crippen molar-refractivity contribution in [1.29, 1.82) is 5.26 Å². The third-order valence-electron chi connectivity index (χ3n) is 1.66. The Labute approximate surface area is 87.3 Å². The van der Waals surface area contributed by atoms with E-state index in [0.717, 1.165) is 5.56 Å². The summed E-state index contributed by atoms with van der Waals surface area (Å²) >= 11 is 0. The molecule has 0 N–H and O–H groups in total. The predicted molar refractivity (Wildman–Crippen MR) is 56.6 cm³/mol. The second kappa shape index (κ2) is 6.19. The molecule has 1 aromatic rings. The van der Waals surface area contributed by atoms with Gasteiger partial charge in [0.05, 0.1) is 5.56 Å². The van der Waals surface area contributed by atoms with Crippen LogP contribution < -0.4 is 0 Å². The monoisotopic (exact) mass is 199 g/mol. The van der Waals surface area contributed by atoms with Crippen LogP contribution in [0.4, 0.5) is 0 Å². The second-order valence-corrected chi connectivity index (χ2v) is 2.76. The zero-order valence-corrected chi connectivity index (χ0v) is 8.04. The van der Waals surface area contributed by atoms with Gasteiger partial charge in [0.25, 0.3) is 0 Å². The van der Waals surface area contributed by atoms with Crippen LogP contribution in [0, 0.1) is 11.3 Å². The molecule has 0 saturated heterocycles. The van der Waals surface area contributed by atoms with Crippen LogP contribution in [0.1, 0.15) is 17.5 Å². The number of nitrogens with zero attached hydrogens (tertiary/aromatic N) is 5. The zero-order chi connectivity index (χ0) is 10.9. The summed E-state index contributed by atoms with van der Waals surface area (Å²) in [7, 11) is 0. The Bertz CT molecular complexity index is 437. The molecular weight excluding hydrogens is 190 g/mol. The third kappa shape index (κ3) is 3.94. The van der Waals surface area contributed by atoms with Gasteiger partial charge in [0.15, 0.2) is 0 Å². The summed E-state index contributed by atoms with van der Waals surface area (Å²) in [5.74, 6) is 0. The zero-order valence-electron chi connectivity index (χ0n) is 8.04. The molecule has 0 fully saturated rings. The molecule has 0 aliphatic carbocycles. The van der Waals surface area contributed by atoms with Crippen LogP contribution in [0.25, 0.3) is 16.5 Å². The lowest BCUT2D eigenvalue weighted by molar-refractivity contribution is 0.995. The van der Waals surface area contributed by atoms with Gasteiger partial charge in [-0.3, -0.25) is 4.98 Å². The van der Waals surface area contributed by atoms with Crippen molar-refractivity contribution in [2.45, 2.75) is 6.42 Å². The van der Waals surface area contributed by atoms with Gasteiger partial charge in [-0.2, -0.15) is 5.26 Å². The maximum atomic E-state index is 8.63.